The Morgan fingerprint density at radius 2 is 2.31 bits per heavy atom. The van der Waals surface area contributed by atoms with Gasteiger partial charge >= 0.3 is 5.97 Å². The molecule has 0 aliphatic heterocycles. The van der Waals surface area contributed by atoms with E-state index in [0.29, 0.717) is 5.52 Å². The number of carboxylic acid groups (broad SMARTS) is 1. The molecule has 0 fully saturated rings. The molecular formula is C8H5BrN2O2. The number of benzene rings is 1. The molecule has 0 bridgehead atoms. The molecule has 0 aliphatic rings. The Balaban J connectivity index is 2.77. The molecule has 4 nitrogen and oxygen atoms in total. The lowest BCUT2D eigenvalue weighted by molar-refractivity contribution is 0.0697. The van der Waals surface area contributed by atoms with Crippen molar-refractivity contribution in [1.29, 1.82) is 0 Å². The van der Waals surface area contributed by atoms with Gasteiger partial charge in [0.25, 0.3) is 0 Å². The van der Waals surface area contributed by atoms with Crippen LogP contribution < -0.4 is 0 Å². The monoisotopic (exact) mass is 240 g/mol. The molecule has 1 aromatic carbocycles. The Kier molecular flexibility index (Phi) is 1.81. The lowest BCUT2D eigenvalue weighted by atomic mass is 10.2. The number of nitrogens with one attached hydrogen (secondary N) is 1. The molecule has 2 N–H and O–H groups in total. The fourth-order valence-electron chi connectivity index (χ4n) is 1.13. The van der Waals surface area contributed by atoms with E-state index in [2.05, 4.69) is 26.1 Å². The minimum absolute atomic E-state index is 0.239. The van der Waals surface area contributed by atoms with Crippen molar-refractivity contribution in [3.63, 3.8) is 0 Å². The largest absolute Gasteiger partial charge is 0.478 e. The third kappa shape index (κ3) is 1.31. The van der Waals surface area contributed by atoms with Crippen LogP contribution in [-0.4, -0.2) is 21.3 Å². The zero-order chi connectivity index (χ0) is 9.42. The van der Waals surface area contributed by atoms with Crippen molar-refractivity contribution in [2.24, 2.45) is 0 Å². The summed E-state index contributed by atoms with van der Waals surface area (Å²) in [4.78, 5) is 10.7. The highest BCUT2D eigenvalue weighted by molar-refractivity contribution is 9.10. The van der Waals surface area contributed by atoms with Crippen LogP contribution in [-0.2, 0) is 0 Å². The van der Waals surface area contributed by atoms with Gasteiger partial charge < -0.3 is 5.11 Å². The molecule has 0 unspecified atom stereocenters. The van der Waals surface area contributed by atoms with Crippen molar-refractivity contribution in [1.82, 2.24) is 10.2 Å². The number of halogens is 1. The molecule has 1 heterocycles. The van der Waals surface area contributed by atoms with Gasteiger partial charge in [0.05, 0.1) is 17.3 Å². The Bertz CT molecular complexity index is 478. The first kappa shape index (κ1) is 8.25. The molecular weight excluding hydrogens is 236 g/mol. The SMILES string of the molecule is O=C(O)c1cc(Br)c2cn[nH]c2c1. The van der Waals surface area contributed by atoms with E-state index in [-0.39, 0.29) is 5.56 Å². The summed E-state index contributed by atoms with van der Waals surface area (Å²) in [5.41, 5.74) is 0.954. The summed E-state index contributed by atoms with van der Waals surface area (Å²) in [5.74, 6) is -0.947. The molecule has 13 heavy (non-hydrogen) atoms. The minimum Gasteiger partial charge on any atom is -0.478 e. The number of H-pyrrole nitrogens is 1. The Morgan fingerprint density at radius 1 is 1.54 bits per heavy atom. The molecule has 0 atom stereocenters. The number of fused-ring (bicyclic) bond motifs is 1. The van der Waals surface area contributed by atoms with Crippen LogP contribution in [0.5, 0.6) is 0 Å². The van der Waals surface area contributed by atoms with E-state index in [1.165, 1.54) is 0 Å². The minimum atomic E-state index is -0.947. The first-order chi connectivity index (χ1) is 6.18. The first-order valence-corrected chi connectivity index (χ1v) is 4.33. The van der Waals surface area contributed by atoms with Gasteiger partial charge in [-0.3, -0.25) is 5.10 Å². The Morgan fingerprint density at radius 3 is 3.00 bits per heavy atom. The predicted molar refractivity (Wildman–Crippen MR) is 50.8 cm³/mol. The quantitative estimate of drug-likeness (QED) is 0.802. The van der Waals surface area contributed by atoms with Crippen molar-refractivity contribution in [2.75, 3.05) is 0 Å². The van der Waals surface area contributed by atoms with E-state index < -0.39 is 5.97 Å². The number of hydrogen-bond donors (Lipinski definition) is 2. The number of carbonyl (C=O) groups is 1. The molecule has 66 valence electrons. The fourth-order valence-corrected chi connectivity index (χ4v) is 1.69. The number of aromatic carboxylic acids is 1. The highest BCUT2D eigenvalue weighted by Crippen LogP contribution is 2.23. The number of aromatic nitrogens is 2. The van der Waals surface area contributed by atoms with Gasteiger partial charge in [0.1, 0.15) is 0 Å². The smallest absolute Gasteiger partial charge is 0.335 e. The zero-order valence-corrected chi connectivity index (χ0v) is 8.00. The van der Waals surface area contributed by atoms with Gasteiger partial charge in [-0.05, 0) is 12.1 Å². The van der Waals surface area contributed by atoms with Gasteiger partial charge in [-0.2, -0.15) is 5.10 Å². The van der Waals surface area contributed by atoms with Crippen LogP contribution in [0.3, 0.4) is 0 Å². The summed E-state index contributed by atoms with van der Waals surface area (Å²) in [6.45, 7) is 0. The number of hydrogen-bond acceptors (Lipinski definition) is 2. The standard InChI is InChI=1S/C8H5BrN2O2/c9-6-1-4(8(12)13)2-7-5(6)3-10-11-7/h1-3H,(H,10,11)(H,12,13). The molecule has 0 saturated carbocycles. The van der Waals surface area contributed by atoms with Gasteiger partial charge in [-0.25, -0.2) is 4.79 Å². The third-order valence-corrected chi connectivity index (χ3v) is 2.41. The summed E-state index contributed by atoms with van der Waals surface area (Å²) in [6.07, 6.45) is 1.64. The van der Waals surface area contributed by atoms with E-state index in [1.54, 1.807) is 18.3 Å². The second-order valence-electron chi connectivity index (χ2n) is 2.59. The third-order valence-electron chi connectivity index (χ3n) is 1.76. The van der Waals surface area contributed by atoms with Crippen LogP contribution in [0.4, 0.5) is 0 Å². The lowest BCUT2D eigenvalue weighted by Crippen LogP contribution is -1.95. The highest BCUT2D eigenvalue weighted by Gasteiger charge is 2.08. The zero-order valence-electron chi connectivity index (χ0n) is 6.41. The fraction of sp³-hybridized carbons (Fsp3) is 0. The highest BCUT2D eigenvalue weighted by atomic mass is 79.9. The normalized spacial score (nSPS) is 10.5. The van der Waals surface area contributed by atoms with Gasteiger partial charge in [-0.15, -0.1) is 0 Å². The van der Waals surface area contributed by atoms with Gasteiger partial charge in [0.2, 0.25) is 0 Å². The van der Waals surface area contributed by atoms with E-state index in [0.717, 1.165) is 9.86 Å². The summed E-state index contributed by atoms with van der Waals surface area (Å²) in [5, 5.41) is 16.2. The molecule has 5 heteroatoms. The molecule has 0 amide bonds. The second kappa shape index (κ2) is 2.85. The average molecular weight is 241 g/mol. The van der Waals surface area contributed by atoms with E-state index in [9.17, 15) is 4.79 Å². The van der Waals surface area contributed by atoms with Gasteiger partial charge in [0.15, 0.2) is 0 Å². The number of carboxylic acids is 1. The Hall–Kier alpha value is -1.36. The van der Waals surface area contributed by atoms with Crippen molar-refractivity contribution in [3.8, 4) is 0 Å². The van der Waals surface area contributed by atoms with Crippen molar-refractivity contribution >= 4 is 32.8 Å². The average Bonchev–Trinajstić information content (AvgIpc) is 2.51. The van der Waals surface area contributed by atoms with Gasteiger partial charge in [-0.1, -0.05) is 15.9 Å². The maximum absolute atomic E-state index is 10.7. The summed E-state index contributed by atoms with van der Waals surface area (Å²) < 4.78 is 0.733. The lowest BCUT2D eigenvalue weighted by Gasteiger charge is -1.96. The van der Waals surface area contributed by atoms with E-state index in [1.807, 2.05) is 0 Å². The van der Waals surface area contributed by atoms with Gasteiger partial charge in [0, 0.05) is 9.86 Å². The molecule has 1 aromatic heterocycles. The first-order valence-electron chi connectivity index (χ1n) is 3.54. The number of nitrogens with zero attached hydrogens (tertiary/aromatic N) is 1. The van der Waals surface area contributed by atoms with E-state index in [4.69, 9.17) is 5.11 Å². The molecule has 2 aromatic rings. The molecule has 0 aliphatic carbocycles. The summed E-state index contributed by atoms with van der Waals surface area (Å²) in [6, 6.07) is 3.11. The topological polar surface area (TPSA) is 66.0 Å². The molecule has 0 saturated heterocycles. The van der Waals surface area contributed by atoms with Crippen LogP contribution in [0.2, 0.25) is 0 Å². The van der Waals surface area contributed by atoms with Crippen molar-refractivity contribution in [3.05, 3.63) is 28.4 Å². The molecule has 0 spiro atoms. The van der Waals surface area contributed by atoms with Crippen LogP contribution >= 0.6 is 15.9 Å². The maximum Gasteiger partial charge on any atom is 0.335 e. The summed E-state index contributed by atoms with van der Waals surface area (Å²) in [7, 11) is 0. The second-order valence-corrected chi connectivity index (χ2v) is 3.45. The number of rotatable bonds is 1. The predicted octanol–water partition coefficient (Wildman–Crippen LogP) is 2.02. The maximum atomic E-state index is 10.7. The molecule has 2 rings (SSSR count). The summed E-state index contributed by atoms with van der Waals surface area (Å²) >= 11 is 3.27. The Labute approximate surface area is 81.7 Å². The van der Waals surface area contributed by atoms with Crippen LogP contribution in [0, 0.1) is 0 Å². The number of aromatic amines is 1. The van der Waals surface area contributed by atoms with Crippen LogP contribution in [0.15, 0.2) is 22.8 Å². The van der Waals surface area contributed by atoms with Crippen molar-refractivity contribution in [2.45, 2.75) is 0 Å². The molecule has 0 radical (unpaired) electrons. The van der Waals surface area contributed by atoms with E-state index >= 15 is 0 Å². The van der Waals surface area contributed by atoms with Crippen LogP contribution in [0.25, 0.3) is 10.9 Å². The van der Waals surface area contributed by atoms with Crippen molar-refractivity contribution < 1.29 is 9.90 Å². The van der Waals surface area contributed by atoms with Crippen LogP contribution in [0.1, 0.15) is 10.4 Å².